The number of hydrogen-bond acceptors (Lipinski definition) is 7. The molecule has 1 aliphatic heterocycles. The minimum atomic E-state index is -0.667. The first-order chi connectivity index (χ1) is 21.2. The zero-order chi connectivity index (χ0) is 29.7. The van der Waals surface area contributed by atoms with Crippen molar-refractivity contribution in [3.05, 3.63) is 142 Å². The summed E-state index contributed by atoms with van der Waals surface area (Å²) in [6.45, 7) is 1.33. The number of methoxy groups -OCH3 is 1. The average Bonchev–Trinajstić information content (AvgIpc) is 3.06. The van der Waals surface area contributed by atoms with E-state index in [2.05, 4.69) is 10.0 Å². The first kappa shape index (κ1) is 30.6. The number of hydrogen-bond donors (Lipinski definition) is 0. The first-order valence-corrected chi connectivity index (χ1v) is 15.0. The fourth-order valence-corrected chi connectivity index (χ4v) is 6.01. The molecule has 0 unspecified atom stereocenters. The van der Waals surface area contributed by atoms with Gasteiger partial charge in [0.05, 0.1) is 39.6 Å². The van der Waals surface area contributed by atoms with Crippen LogP contribution < -0.4 is 4.74 Å². The Labute approximate surface area is 256 Å². The van der Waals surface area contributed by atoms with E-state index < -0.39 is 29.8 Å². The Balaban J connectivity index is 1.43. The van der Waals surface area contributed by atoms with Crippen molar-refractivity contribution in [1.82, 2.24) is 0 Å². The maximum absolute atomic E-state index is 9.65. The Morgan fingerprint density at radius 3 is 1.88 bits per heavy atom. The summed E-state index contributed by atoms with van der Waals surface area (Å²) in [6, 6.07) is 36.9. The van der Waals surface area contributed by atoms with E-state index in [1.807, 2.05) is 115 Å². The van der Waals surface area contributed by atoms with Crippen LogP contribution in [0, 0.1) is 0 Å². The molecule has 0 spiro atoms. The van der Waals surface area contributed by atoms with Crippen LogP contribution in [0.5, 0.6) is 5.75 Å². The van der Waals surface area contributed by atoms with E-state index in [0.29, 0.717) is 13.2 Å². The number of ether oxygens (including phenoxy) is 5. The minimum absolute atomic E-state index is 0.269. The molecule has 0 aliphatic carbocycles. The quantitative estimate of drug-likeness (QED) is 0.0845. The molecular formula is C34H35N3O5S. The fourth-order valence-electron chi connectivity index (χ4n) is 4.88. The topological polar surface area (TPSA) is 94.9 Å². The summed E-state index contributed by atoms with van der Waals surface area (Å²) in [5, 5.41) is 4.22. The molecule has 5 rings (SSSR count). The van der Waals surface area contributed by atoms with Gasteiger partial charge in [-0.05, 0) is 46.5 Å². The maximum atomic E-state index is 9.65. The SMILES string of the molecule is COc1ccc(CO[C@@H]2[C@@H](N=[N+]=[N-])[C@H](Sc3ccccc3)O[C@H](COCc3ccccc3)[C@@H]2OCc2ccccc2)cc1. The maximum Gasteiger partial charge on any atom is 0.119 e. The first-order valence-electron chi connectivity index (χ1n) is 14.2. The highest BCUT2D eigenvalue weighted by Gasteiger charge is 2.47. The fraction of sp³-hybridized carbons (Fsp3) is 0.294. The minimum Gasteiger partial charge on any atom is -0.497 e. The van der Waals surface area contributed by atoms with E-state index in [9.17, 15) is 5.53 Å². The number of nitrogens with zero attached hydrogens (tertiary/aromatic N) is 3. The summed E-state index contributed by atoms with van der Waals surface area (Å²) >= 11 is 1.50. The van der Waals surface area contributed by atoms with Crippen LogP contribution in [0.2, 0.25) is 0 Å². The highest BCUT2D eigenvalue weighted by Crippen LogP contribution is 2.38. The molecule has 0 saturated carbocycles. The molecule has 4 aromatic carbocycles. The van der Waals surface area contributed by atoms with E-state index in [-0.39, 0.29) is 13.2 Å². The van der Waals surface area contributed by atoms with Gasteiger partial charge in [-0.15, -0.1) is 0 Å². The molecule has 1 saturated heterocycles. The molecule has 9 heteroatoms. The van der Waals surface area contributed by atoms with E-state index >= 15 is 0 Å². The predicted octanol–water partition coefficient (Wildman–Crippen LogP) is 7.58. The zero-order valence-electron chi connectivity index (χ0n) is 24.0. The molecule has 222 valence electrons. The van der Waals surface area contributed by atoms with E-state index in [1.165, 1.54) is 11.8 Å². The van der Waals surface area contributed by atoms with Gasteiger partial charge in [-0.1, -0.05) is 108 Å². The molecule has 0 amide bonds. The molecule has 0 bridgehead atoms. The Bertz CT molecular complexity index is 1420. The smallest absolute Gasteiger partial charge is 0.119 e. The molecule has 43 heavy (non-hydrogen) atoms. The van der Waals surface area contributed by atoms with Crippen LogP contribution in [0.3, 0.4) is 0 Å². The lowest BCUT2D eigenvalue weighted by Crippen LogP contribution is -2.58. The highest BCUT2D eigenvalue weighted by atomic mass is 32.2. The Morgan fingerprint density at radius 2 is 1.28 bits per heavy atom. The van der Waals surface area contributed by atoms with Crippen molar-refractivity contribution < 1.29 is 23.7 Å². The molecule has 1 heterocycles. The van der Waals surface area contributed by atoms with Crippen molar-refractivity contribution in [2.24, 2.45) is 5.11 Å². The lowest BCUT2D eigenvalue weighted by atomic mass is 9.97. The van der Waals surface area contributed by atoms with Crippen LogP contribution in [-0.4, -0.2) is 43.5 Å². The number of benzene rings is 4. The summed E-state index contributed by atoms with van der Waals surface area (Å²) in [5.74, 6) is 0.765. The second-order valence-electron chi connectivity index (χ2n) is 10.1. The zero-order valence-corrected chi connectivity index (χ0v) is 24.8. The van der Waals surface area contributed by atoms with Crippen molar-refractivity contribution in [3.8, 4) is 5.75 Å². The molecule has 1 aliphatic rings. The molecule has 8 nitrogen and oxygen atoms in total. The summed E-state index contributed by atoms with van der Waals surface area (Å²) in [7, 11) is 1.64. The van der Waals surface area contributed by atoms with Crippen molar-refractivity contribution in [2.45, 2.75) is 54.5 Å². The van der Waals surface area contributed by atoms with Crippen LogP contribution in [-0.2, 0) is 38.8 Å². The lowest BCUT2D eigenvalue weighted by molar-refractivity contribution is -0.211. The van der Waals surface area contributed by atoms with E-state index in [1.54, 1.807) is 7.11 Å². The predicted molar refractivity (Wildman–Crippen MR) is 167 cm³/mol. The second kappa shape index (κ2) is 16.1. The van der Waals surface area contributed by atoms with Crippen LogP contribution in [0.4, 0.5) is 0 Å². The van der Waals surface area contributed by atoms with Crippen molar-refractivity contribution in [3.63, 3.8) is 0 Å². The van der Waals surface area contributed by atoms with Gasteiger partial charge in [0.25, 0.3) is 0 Å². The number of rotatable bonds is 14. The van der Waals surface area contributed by atoms with E-state index in [0.717, 1.165) is 27.3 Å². The molecule has 0 aromatic heterocycles. The summed E-state index contributed by atoms with van der Waals surface area (Å²) in [6.07, 6.45) is -1.67. The van der Waals surface area contributed by atoms with Gasteiger partial charge < -0.3 is 23.7 Å². The van der Waals surface area contributed by atoms with Gasteiger partial charge in [0.15, 0.2) is 0 Å². The standard InChI is InChI=1S/C34H35N3O5S/c1-38-28-19-17-27(18-20-28)23-41-33-31(36-37-35)34(43-29-15-9-4-10-16-29)42-30(24-39-21-25-11-5-2-6-12-25)32(33)40-22-26-13-7-3-8-14-26/h2-20,30-34H,21-24H2,1H3/t30-,31-,32+,33-,34+/m1/s1. The molecular weight excluding hydrogens is 562 g/mol. The van der Waals surface area contributed by atoms with Crippen molar-refractivity contribution in [1.29, 1.82) is 0 Å². The molecule has 5 atom stereocenters. The molecule has 1 fully saturated rings. The van der Waals surface area contributed by atoms with Crippen molar-refractivity contribution >= 4 is 11.8 Å². The number of thioether (sulfide) groups is 1. The van der Waals surface area contributed by atoms with Crippen LogP contribution in [0.1, 0.15) is 16.7 Å². The van der Waals surface area contributed by atoms with Crippen LogP contribution in [0.15, 0.2) is 125 Å². The third-order valence-electron chi connectivity index (χ3n) is 7.08. The summed E-state index contributed by atoms with van der Waals surface area (Å²) in [4.78, 5) is 4.20. The Morgan fingerprint density at radius 1 is 0.721 bits per heavy atom. The van der Waals surface area contributed by atoms with Gasteiger partial charge >= 0.3 is 0 Å². The third-order valence-corrected chi connectivity index (χ3v) is 8.24. The highest BCUT2D eigenvalue weighted by molar-refractivity contribution is 7.99. The van der Waals surface area contributed by atoms with Gasteiger partial charge in [-0.2, -0.15) is 0 Å². The molecule has 0 radical (unpaired) electrons. The lowest BCUT2D eigenvalue weighted by Gasteiger charge is -2.44. The third kappa shape index (κ3) is 8.84. The molecule has 0 N–H and O–H groups in total. The largest absolute Gasteiger partial charge is 0.497 e. The molecule has 4 aromatic rings. The van der Waals surface area contributed by atoms with Crippen LogP contribution >= 0.6 is 11.8 Å². The van der Waals surface area contributed by atoms with E-state index in [4.69, 9.17) is 23.7 Å². The van der Waals surface area contributed by atoms with Gasteiger partial charge in [0.2, 0.25) is 0 Å². The van der Waals surface area contributed by atoms with Gasteiger partial charge in [0.1, 0.15) is 29.4 Å². The van der Waals surface area contributed by atoms with Gasteiger partial charge in [0, 0.05) is 9.81 Å². The monoisotopic (exact) mass is 597 g/mol. The van der Waals surface area contributed by atoms with Gasteiger partial charge in [-0.25, -0.2) is 0 Å². The number of azide groups is 1. The Hall–Kier alpha value is -3.82. The Kier molecular flexibility index (Phi) is 11.5. The van der Waals surface area contributed by atoms with Crippen molar-refractivity contribution in [2.75, 3.05) is 13.7 Å². The van der Waals surface area contributed by atoms with Gasteiger partial charge in [-0.3, -0.25) is 0 Å². The summed E-state index contributed by atoms with van der Waals surface area (Å²) in [5.41, 5.74) is 12.2. The van der Waals surface area contributed by atoms with Crippen LogP contribution in [0.25, 0.3) is 10.4 Å². The second-order valence-corrected chi connectivity index (χ2v) is 11.2. The normalized spacial score (nSPS) is 21.6. The average molecular weight is 598 g/mol. The summed E-state index contributed by atoms with van der Waals surface area (Å²) < 4.78 is 31.3.